The van der Waals surface area contributed by atoms with Gasteiger partial charge in [-0.15, -0.1) is 6.58 Å². The number of nitrogens with one attached hydrogen (secondary N) is 1. The standard InChI is InChI=1S/C19H20N2O6S/c1-4-6-12-7-11(8-13-17(24)20-19(28)21(3)18(13)25)9-14(26-5-2)16(12)27-10-15(22)23/h4,7-9H,1,5-6,10H2,2-3H3,(H,22,23)(H,20,24,28)/b13-8+. The van der Waals surface area contributed by atoms with Crippen LogP contribution in [-0.2, 0) is 20.8 Å². The van der Waals surface area contributed by atoms with E-state index in [4.69, 9.17) is 26.8 Å². The highest BCUT2D eigenvalue weighted by molar-refractivity contribution is 7.80. The van der Waals surface area contributed by atoms with Crippen LogP contribution in [0, 0.1) is 0 Å². The predicted molar refractivity (Wildman–Crippen MR) is 106 cm³/mol. The number of allylic oxidation sites excluding steroid dienone is 1. The summed E-state index contributed by atoms with van der Waals surface area (Å²) < 4.78 is 11.0. The van der Waals surface area contributed by atoms with Gasteiger partial charge in [0.1, 0.15) is 5.57 Å². The lowest BCUT2D eigenvalue weighted by Crippen LogP contribution is -2.52. The minimum absolute atomic E-state index is 0.0342. The molecule has 1 aromatic carbocycles. The van der Waals surface area contributed by atoms with Gasteiger partial charge in [-0.3, -0.25) is 19.8 Å². The molecule has 2 rings (SSSR count). The van der Waals surface area contributed by atoms with E-state index in [0.717, 1.165) is 0 Å². The Hall–Kier alpha value is -3.20. The summed E-state index contributed by atoms with van der Waals surface area (Å²) in [4.78, 5) is 36.6. The van der Waals surface area contributed by atoms with Gasteiger partial charge >= 0.3 is 5.97 Å². The average Bonchev–Trinajstić information content (AvgIpc) is 2.63. The first kappa shape index (κ1) is 21.1. The Bertz CT molecular complexity index is 877. The third-order valence-electron chi connectivity index (χ3n) is 3.77. The van der Waals surface area contributed by atoms with Crippen LogP contribution in [0.15, 0.2) is 30.4 Å². The van der Waals surface area contributed by atoms with Crippen LogP contribution in [-0.4, -0.2) is 53.2 Å². The molecule has 0 radical (unpaired) electrons. The molecule has 8 nitrogen and oxygen atoms in total. The molecule has 0 aromatic heterocycles. The predicted octanol–water partition coefficient (Wildman–Crippen LogP) is 1.53. The van der Waals surface area contributed by atoms with Crippen LogP contribution >= 0.6 is 12.2 Å². The van der Waals surface area contributed by atoms with E-state index in [-0.39, 0.29) is 16.4 Å². The first-order valence-electron chi connectivity index (χ1n) is 8.38. The quantitative estimate of drug-likeness (QED) is 0.293. The van der Waals surface area contributed by atoms with Crippen molar-refractivity contribution in [1.82, 2.24) is 10.2 Å². The molecule has 1 fully saturated rings. The number of hydrogen-bond donors (Lipinski definition) is 2. The van der Waals surface area contributed by atoms with Crippen molar-refractivity contribution in [2.24, 2.45) is 0 Å². The van der Waals surface area contributed by atoms with Gasteiger partial charge in [0, 0.05) is 12.6 Å². The zero-order chi connectivity index (χ0) is 20.8. The van der Waals surface area contributed by atoms with Crippen LogP contribution in [0.2, 0.25) is 0 Å². The van der Waals surface area contributed by atoms with Crippen molar-refractivity contribution in [3.63, 3.8) is 0 Å². The highest BCUT2D eigenvalue weighted by Gasteiger charge is 2.31. The lowest BCUT2D eigenvalue weighted by atomic mass is 10.0. The molecule has 2 amide bonds. The van der Waals surface area contributed by atoms with Gasteiger partial charge in [0.15, 0.2) is 23.2 Å². The molecule has 1 saturated heterocycles. The number of carboxylic acid groups (broad SMARTS) is 1. The molecule has 0 aliphatic carbocycles. The topological polar surface area (TPSA) is 105 Å². The molecule has 9 heteroatoms. The first-order valence-corrected chi connectivity index (χ1v) is 8.79. The number of rotatable bonds is 8. The number of thiocarbonyl (C=S) groups is 1. The summed E-state index contributed by atoms with van der Waals surface area (Å²) in [5.74, 6) is -1.65. The molecular weight excluding hydrogens is 384 g/mol. The Labute approximate surface area is 167 Å². The fourth-order valence-corrected chi connectivity index (χ4v) is 2.72. The maximum atomic E-state index is 12.4. The van der Waals surface area contributed by atoms with E-state index in [0.29, 0.717) is 29.9 Å². The molecule has 1 aromatic rings. The van der Waals surface area contributed by atoms with Gasteiger partial charge < -0.3 is 14.6 Å². The summed E-state index contributed by atoms with van der Waals surface area (Å²) >= 11 is 4.93. The van der Waals surface area contributed by atoms with E-state index in [9.17, 15) is 14.4 Å². The number of carbonyl (C=O) groups is 3. The molecule has 28 heavy (non-hydrogen) atoms. The summed E-state index contributed by atoms with van der Waals surface area (Å²) in [6, 6.07) is 3.26. The fourth-order valence-electron chi connectivity index (χ4n) is 2.55. The van der Waals surface area contributed by atoms with Gasteiger partial charge in [0.2, 0.25) is 0 Å². The smallest absolute Gasteiger partial charge is 0.341 e. The Kier molecular flexibility index (Phi) is 6.89. The normalized spacial score (nSPS) is 15.4. The molecule has 0 spiro atoms. The van der Waals surface area contributed by atoms with E-state index in [1.54, 1.807) is 25.1 Å². The molecule has 0 bridgehead atoms. The maximum Gasteiger partial charge on any atom is 0.341 e. The number of hydrogen-bond acceptors (Lipinski definition) is 6. The van der Waals surface area contributed by atoms with Crippen LogP contribution in [0.25, 0.3) is 6.08 Å². The van der Waals surface area contributed by atoms with Gasteiger partial charge in [-0.1, -0.05) is 6.08 Å². The summed E-state index contributed by atoms with van der Waals surface area (Å²) in [5, 5.41) is 11.4. The van der Waals surface area contributed by atoms with Gasteiger partial charge in [-0.05, 0) is 49.3 Å². The molecule has 1 aliphatic heterocycles. The van der Waals surface area contributed by atoms with Crippen molar-refractivity contribution >= 4 is 41.2 Å². The molecule has 0 unspecified atom stereocenters. The second-order valence-corrected chi connectivity index (χ2v) is 6.18. The third-order valence-corrected chi connectivity index (χ3v) is 4.15. The summed E-state index contributed by atoms with van der Waals surface area (Å²) in [7, 11) is 1.47. The van der Waals surface area contributed by atoms with Crippen molar-refractivity contribution in [2.75, 3.05) is 20.3 Å². The van der Waals surface area contributed by atoms with Crippen molar-refractivity contribution in [2.45, 2.75) is 13.3 Å². The minimum atomic E-state index is -1.12. The van der Waals surface area contributed by atoms with Crippen LogP contribution in [0.3, 0.4) is 0 Å². The van der Waals surface area contributed by atoms with Crippen LogP contribution in [0.1, 0.15) is 18.1 Å². The van der Waals surface area contributed by atoms with Crippen molar-refractivity contribution in [1.29, 1.82) is 0 Å². The van der Waals surface area contributed by atoms with Gasteiger partial charge in [0.05, 0.1) is 6.61 Å². The maximum absolute atomic E-state index is 12.4. The van der Waals surface area contributed by atoms with Crippen molar-refractivity contribution < 1.29 is 29.0 Å². The number of carbonyl (C=O) groups excluding carboxylic acids is 2. The van der Waals surface area contributed by atoms with Crippen LogP contribution in [0.4, 0.5) is 0 Å². The second-order valence-electron chi connectivity index (χ2n) is 5.80. The van der Waals surface area contributed by atoms with Gasteiger partial charge in [0.25, 0.3) is 11.8 Å². The monoisotopic (exact) mass is 404 g/mol. The largest absolute Gasteiger partial charge is 0.490 e. The molecule has 0 atom stereocenters. The van der Waals surface area contributed by atoms with E-state index >= 15 is 0 Å². The first-order chi connectivity index (χ1) is 13.3. The van der Waals surface area contributed by atoms with Gasteiger partial charge in [-0.2, -0.15) is 0 Å². The summed E-state index contributed by atoms with van der Waals surface area (Å²) in [6.45, 7) is 5.24. The Morgan fingerprint density at radius 3 is 2.68 bits per heavy atom. The minimum Gasteiger partial charge on any atom is -0.490 e. The zero-order valence-corrected chi connectivity index (χ0v) is 16.3. The van der Waals surface area contributed by atoms with E-state index in [1.807, 2.05) is 0 Å². The number of carboxylic acids is 1. The average molecular weight is 404 g/mol. The summed E-state index contributed by atoms with van der Waals surface area (Å²) in [5.41, 5.74) is 1.05. The lowest BCUT2D eigenvalue weighted by Gasteiger charge is -2.25. The van der Waals surface area contributed by atoms with E-state index in [2.05, 4.69) is 11.9 Å². The second kappa shape index (κ2) is 9.14. The van der Waals surface area contributed by atoms with Crippen LogP contribution in [0.5, 0.6) is 11.5 Å². The van der Waals surface area contributed by atoms with E-state index < -0.39 is 24.4 Å². The molecule has 0 saturated carbocycles. The number of likely N-dealkylation sites (N-methyl/N-ethyl adjacent to an activating group) is 1. The van der Waals surface area contributed by atoms with Gasteiger partial charge in [-0.25, -0.2) is 4.79 Å². The number of nitrogens with zero attached hydrogens (tertiary/aromatic N) is 1. The Balaban J connectivity index is 2.53. The Morgan fingerprint density at radius 2 is 2.07 bits per heavy atom. The zero-order valence-electron chi connectivity index (χ0n) is 15.5. The third kappa shape index (κ3) is 4.74. The molecule has 148 valence electrons. The highest BCUT2D eigenvalue weighted by Crippen LogP contribution is 2.35. The SMILES string of the molecule is C=CCc1cc(/C=C2\C(=O)NC(=S)N(C)C2=O)cc(OCC)c1OCC(=O)O. The summed E-state index contributed by atoms with van der Waals surface area (Å²) in [6.07, 6.45) is 3.42. The van der Waals surface area contributed by atoms with Crippen molar-refractivity contribution in [3.05, 3.63) is 41.5 Å². The highest BCUT2D eigenvalue weighted by atomic mass is 32.1. The number of benzene rings is 1. The number of ether oxygens (including phenoxy) is 2. The van der Waals surface area contributed by atoms with Crippen LogP contribution < -0.4 is 14.8 Å². The van der Waals surface area contributed by atoms with E-state index in [1.165, 1.54) is 18.0 Å². The number of amides is 2. The van der Waals surface area contributed by atoms with Crippen molar-refractivity contribution in [3.8, 4) is 11.5 Å². The molecule has 1 aliphatic rings. The molecule has 1 heterocycles. The molecular formula is C19H20N2O6S. The number of aliphatic carboxylic acids is 1. The molecule has 2 N–H and O–H groups in total. The lowest BCUT2D eigenvalue weighted by molar-refractivity contribution is -0.139. The Morgan fingerprint density at radius 1 is 1.36 bits per heavy atom. The fraction of sp³-hybridized carbons (Fsp3) is 0.263.